The number of aromatic nitrogens is 2. The van der Waals surface area contributed by atoms with Crippen LogP contribution in [0.1, 0.15) is 49.4 Å². The molecule has 1 aromatic heterocycles. The summed E-state index contributed by atoms with van der Waals surface area (Å²) in [4.78, 5) is 18.4. The highest BCUT2D eigenvalue weighted by atomic mass is 19.4. The van der Waals surface area contributed by atoms with E-state index in [1.54, 1.807) is 0 Å². The zero-order valence-corrected chi connectivity index (χ0v) is 25.5. The summed E-state index contributed by atoms with van der Waals surface area (Å²) in [5, 5.41) is 0.822. The van der Waals surface area contributed by atoms with Gasteiger partial charge in [0, 0.05) is 77.2 Å². The maximum absolute atomic E-state index is 14.4. The minimum Gasteiger partial charge on any atom is -0.379 e. The Morgan fingerprint density at radius 2 is 1.67 bits per heavy atom. The van der Waals surface area contributed by atoms with Crippen LogP contribution >= 0.6 is 0 Å². The third-order valence-electron chi connectivity index (χ3n) is 9.79. The van der Waals surface area contributed by atoms with E-state index in [-0.39, 0.29) is 18.7 Å². The van der Waals surface area contributed by atoms with E-state index in [4.69, 9.17) is 9.72 Å². The first-order valence-electron chi connectivity index (χ1n) is 15.6. The van der Waals surface area contributed by atoms with Crippen LogP contribution in [0.25, 0.3) is 10.9 Å². The normalized spacial score (nSPS) is 19.8. The van der Waals surface area contributed by atoms with E-state index in [9.17, 15) is 13.2 Å². The minimum atomic E-state index is -4.38. The summed E-state index contributed by atoms with van der Waals surface area (Å²) in [5.74, 6) is 0.956. The lowest BCUT2D eigenvalue weighted by Crippen LogP contribution is -2.49. The second kappa shape index (κ2) is 12.1. The van der Waals surface area contributed by atoms with Crippen molar-refractivity contribution in [3.05, 3.63) is 53.9 Å². The number of hydrogen-bond acceptors (Lipinski definition) is 7. The fourth-order valence-corrected chi connectivity index (χ4v) is 6.84. The van der Waals surface area contributed by atoms with Crippen LogP contribution in [-0.4, -0.2) is 94.7 Å². The molecule has 6 rings (SSSR count). The van der Waals surface area contributed by atoms with Crippen LogP contribution in [0.5, 0.6) is 0 Å². The molecule has 3 aliphatic rings. The molecule has 0 atom stereocenters. The van der Waals surface area contributed by atoms with Crippen LogP contribution in [-0.2, 0) is 10.2 Å². The maximum atomic E-state index is 14.4. The lowest BCUT2D eigenvalue weighted by Gasteiger charge is -2.42. The first-order valence-corrected chi connectivity index (χ1v) is 15.6. The fraction of sp³-hybridized carbons (Fsp3) is 0.576. The van der Waals surface area contributed by atoms with Gasteiger partial charge in [0.1, 0.15) is 17.1 Å². The van der Waals surface area contributed by atoms with Gasteiger partial charge in [0.05, 0.1) is 18.7 Å². The molecule has 10 heteroatoms. The Labute approximate surface area is 252 Å². The second-order valence-corrected chi connectivity index (χ2v) is 12.6. The van der Waals surface area contributed by atoms with Gasteiger partial charge in [-0.3, -0.25) is 4.90 Å². The molecule has 0 spiro atoms. The van der Waals surface area contributed by atoms with E-state index < -0.39 is 11.6 Å². The van der Waals surface area contributed by atoms with Gasteiger partial charge in [0.25, 0.3) is 0 Å². The minimum absolute atomic E-state index is 0.0488. The highest BCUT2D eigenvalue weighted by Crippen LogP contribution is 2.54. The number of hydrogen-bond donors (Lipinski definition) is 0. The predicted octanol–water partition coefficient (Wildman–Crippen LogP) is 5.83. The maximum Gasteiger partial charge on any atom is 0.401 e. The zero-order valence-electron chi connectivity index (χ0n) is 25.5. The molecule has 0 bridgehead atoms. The molecule has 0 N–H and O–H groups in total. The quantitative estimate of drug-likeness (QED) is 0.324. The number of ether oxygens (including phenoxy) is 1. The monoisotopic (exact) mass is 596 g/mol. The molecule has 0 amide bonds. The van der Waals surface area contributed by atoms with Crippen LogP contribution in [0.2, 0.25) is 0 Å². The van der Waals surface area contributed by atoms with Crippen molar-refractivity contribution in [2.24, 2.45) is 0 Å². The Bertz CT molecular complexity index is 1410. The van der Waals surface area contributed by atoms with E-state index in [1.165, 1.54) is 11.3 Å². The molecule has 3 fully saturated rings. The van der Waals surface area contributed by atoms with Crippen molar-refractivity contribution in [3.8, 4) is 0 Å². The molecule has 1 saturated carbocycles. The number of anilines is 3. The average Bonchev–Trinajstić information content (AvgIpc) is 2.98. The number of benzene rings is 2. The van der Waals surface area contributed by atoms with Crippen LogP contribution in [0.15, 0.2) is 42.5 Å². The topological polar surface area (TPSA) is 48.0 Å². The first-order chi connectivity index (χ1) is 20.7. The molecule has 3 heterocycles. The van der Waals surface area contributed by atoms with Gasteiger partial charge in [0.2, 0.25) is 0 Å². The number of alkyl halides is 3. The lowest BCUT2D eigenvalue weighted by atomic mass is 9.67. The molecule has 43 heavy (non-hydrogen) atoms. The van der Waals surface area contributed by atoms with Gasteiger partial charge in [-0.15, -0.1) is 0 Å². The Morgan fingerprint density at radius 3 is 2.33 bits per heavy atom. The van der Waals surface area contributed by atoms with E-state index in [0.29, 0.717) is 23.7 Å². The number of nitrogens with zero attached hydrogens (tertiary/aromatic N) is 6. The van der Waals surface area contributed by atoms with E-state index in [1.807, 2.05) is 12.1 Å². The van der Waals surface area contributed by atoms with Gasteiger partial charge in [0.15, 0.2) is 0 Å². The summed E-state index contributed by atoms with van der Waals surface area (Å²) < 4.78 is 48.8. The van der Waals surface area contributed by atoms with E-state index in [0.717, 1.165) is 76.4 Å². The van der Waals surface area contributed by atoms with Gasteiger partial charge < -0.3 is 19.4 Å². The number of likely N-dealkylation sites (N-methyl/N-ethyl adjacent to an activating group) is 1. The van der Waals surface area contributed by atoms with Crippen molar-refractivity contribution in [1.82, 2.24) is 14.9 Å². The van der Waals surface area contributed by atoms with Gasteiger partial charge >= 0.3 is 6.18 Å². The third-order valence-corrected chi connectivity index (χ3v) is 9.79. The second-order valence-electron chi connectivity index (χ2n) is 12.6. The number of piperidine rings is 1. The van der Waals surface area contributed by atoms with Crippen molar-refractivity contribution in [2.45, 2.75) is 49.6 Å². The fourth-order valence-electron chi connectivity index (χ4n) is 6.84. The molecule has 2 aromatic carbocycles. The van der Waals surface area contributed by atoms with Gasteiger partial charge in [-0.05, 0) is 61.4 Å². The summed E-state index contributed by atoms with van der Waals surface area (Å²) in [7, 11) is 6.20. The SMILES string of the molecule is CN(C)c1ccccc1C1CCN(c2nc(C3(C(F)(F)F)CCC3)nc3ccc(N(C)CCN4CCOCC4)cc23)CC1. The molecule has 2 saturated heterocycles. The summed E-state index contributed by atoms with van der Waals surface area (Å²) in [6.45, 7) is 6.62. The predicted molar refractivity (Wildman–Crippen MR) is 167 cm³/mol. The van der Waals surface area contributed by atoms with Crippen molar-refractivity contribution in [1.29, 1.82) is 0 Å². The molecule has 2 aliphatic heterocycles. The highest BCUT2D eigenvalue weighted by molar-refractivity contribution is 5.92. The van der Waals surface area contributed by atoms with Crippen LogP contribution < -0.4 is 14.7 Å². The summed E-state index contributed by atoms with van der Waals surface area (Å²) in [6, 6.07) is 14.4. The molecular formula is C33H43F3N6O. The highest BCUT2D eigenvalue weighted by Gasteiger charge is 2.61. The first kappa shape index (κ1) is 29.9. The summed E-state index contributed by atoms with van der Waals surface area (Å²) in [6.07, 6.45) is -1.91. The van der Waals surface area contributed by atoms with Crippen molar-refractivity contribution in [2.75, 3.05) is 88.3 Å². The Balaban J connectivity index is 1.31. The summed E-state index contributed by atoms with van der Waals surface area (Å²) in [5.41, 5.74) is 2.20. The van der Waals surface area contributed by atoms with Crippen LogP contribution in [0.4, 0.5) is 30.4 Å². The van der Waals surface area contributed by atoms with Gasteiger partial charge in [-0.25, -0.2) is 9.97 Å². The van der Waals surface area contributed by atoms with Crippen molar-refractivity contribution in [3.63, 3.8) is 0 Å². The van der Waals surface area contributed by atoms with Gasteiger partial charge in [-0.1, -0.05) is 24.6 Å². The van der Waals surface area contributed by atoms with Crippen LogP contribution in [0, 0.1) is 0 Å². The molecule has 3 aromatic rings. The molecular weight excluding hydrogens is 553 g/mol. The number of morpholine rings is 1. The van der Waals surface area contributed by atoms with E-state index >= 15 is 0 Å². The van der Waals surface area contributed by atoms with Gasteiger partial charge in [-0.2, -0.15) is 13.2 Å². The Morgan fingerprint density at radius 1 is 0.953 bits per heavy atom. The standard InChI is InChI=1S/C33H43F3N6O/c1-39(2)29-8-5-4-7-26(29)24-11-15-42(16-12-24)30-27-23-25(40(3)17-18-41-19-21-43-22-20-41)9-10-28(27)37-31(38-30)32(13-6-14-32)33(34,35)36/h4-5,7-10,23-24H,6,11-22H2,1-3H3. The number of para-hydroxylation sites is 1. The van der Waals surface area contributed by atoms with Crippen LogP contribution in [0.3, 0.4) is 0 Å². The van der Waals surface area contributed by atoms with Crippen molar-refractivity contribution < 1.29 is 17.9 Å². The number of rotatable bonds is 8. The molecule has 7 nitrogen and oxygen atoms in total. The average molecular weight is 597 g/mol. The zero-order chi connectivity index (χ0) is 30.2. The van der Waals surface area contributed by atoms with Crippen molar-refractivity contribution >= 4 is 28.1 Å². The smallest absolute Gasteiger partial charge is 0.379 e. The lowest BCUT2D eigenvalue weighted by molar-refractivity contribution is -0.215. The summed E-state index contributed by atoms with van der Waals surface area (Å²) >= 11 is 0. The molecule has 1 aliphatic carbocycles. The van der Waals surface area contributed by atoms with E-state index in [2.05, 4.69) is 76.1 Å². The molecule has 0 radical (unpaired) electrons. The molecule has 232 valence electrons. The Kier molecular flexibility index (Phi) is 8.43. The number of halogens is 3. The molecule has 0 unspecified atom stereocenters. The number of fused-ring (bicyclic) bond motifs is 1. The largest absolute Gasteiger partial charge is 0.401 e. The Hall–Kier alpha value is -3.11. The third kappa shape index (κ3) is 5.88.